The molecule has 0 saturated heterocycles. The molecule has 0 heterocycles. The van der Waals surface area contributed by atoms with Gasteiger partial charge < -0.3 is 10.2 Å². The first kappa shape index (κ1) is 9.34. The smallest absolute Gasteiger partial charge is 0.341 e. The topological polar surface area (TPSA) is 57.5 Å². The van der Waals surface area contributed by atoms with E-state index in [1.165, 1.54) is 6.07 Å². The molecule has 2 N–H and O–H groups in total. The van der Waals surface area contributed by atoms with E-state index < -0.39 is 5.97 Å². The summed E-state index contributed by atoms with van der Waals surface area (Å²) in [6.45, 7) is 0. The highest BCUT2D eigenvalue weighted by molar-refractivity contribution is 6.33. The molecule has 0 aromatic heterocycles. The van der Waals surface area contributed by atoms with Crippen molar-refractivity contribution in [1.82, 2.24) is 0 Å². The number of halogens is 1. The van der Waals surface area contributed by atoms with Gasteiger partial charge in [-0.3, -0.25) is 0 Å². The minimum Gasteiger partial charge on any atom is -0.507 e. The maximum atomic E-state index is 10.8. The molecule has 1 aromatic rings. The summed E-state index contributed by atoms with van der Waals surface area (Å²) < 4.78 is 0. The summed E-state index contributed by atoms with van der Waals surface area (Å²) in [7, 11) is 0. The van der Waals surface area contributed by atoms with Crippen LogP contribution in [0.2, 0.25) is 5.02 Å². The Balaban J connectivity index is 2.55. The Morgan fingerprint density at radius 2 is 2.07 bits per heavy atom. The zero-order valence-corrected chi connectivity index (χ0v) is 8.08. The molecule has 4 heteroatoms. The van der Waals surface area contributed by atoms with Gasteiger partial charge in [-0.05, 0) is 30.4 Å². The Kier molecular flexibility index (Phi) is 2.11. The van der Waals surface area contributed by atoms with Crippen LogP contribution in [0.4, 0.5) is 0 Å². The molecule has 0 bridgehead atoms. The number of rotatable bonds is 2. The molecular weight excluding hydrogens is 204 g/mol. The molecule has 1 aliphatic carbocycles. The Morgan fingerprint density at radius 3 is 2.57 bits per heavy atom. The average molecular weight is 213 g/mol. The van der Waals surface area contributed by atoms with E-state index in [1.54, 1.807) is 6.07 Å². The standard InChI is InChI=1S/C10H9ClO3/c11-7-4-3-6(5-1-2-5)9(12)8(7)10(13)14/h3-5,12H,1-2H2,(H,13,14). The fourth-order valence-corrected chi connectivity index (χ4v) is 1.74. The van der Waals surface area contributed by atoms with Gasteiger partial charge in [0, 0.05) is 0 Å². The number of carboxylic acid groups (broad SMARTS) is 1. The number of phenols is 1. The number of aromatic hydroxyl groups is 1. The summed E-state index contributed by atoms with van der Waals surface area (Å²) in [6.07, 6.45) is 2.02. The third-order valence-electron chi connectivity index (χ3n) is 2.39. The van der Waals surface area contributed by atoms with E-state index in [4.69, 9.17) is 16.7 Å². The first-order valence-electron chi connectivity index (χ1n) is 4.36. The Labute approximate surface area is 85.9 Å². The average Bonchev–Trinajstić information content (AvgIpc) is 2.86. The molecule has 1 fully saturated rings. The van der Waals surface area contributed by atoms with Gasteiger partial charge >= 0.3 is 5.97 Å². The summed E-state index contributed by atoms with van der Waals surface area (Å²) in [4.78, 5) is 10.8. The molecule has 3 nitrogen and oxygen atoms in total. The molecule has 74 valence electrons. The number of benzene rings is 1. The van der Waals surface area contributed by atoms with Crippen LogP contribution in [-0.4, -0.2) is 16.2 Å². The molecule has 0 unspecified atom stereocenters. The largest absolute Gasteiger partial charge is 0.507 e. The predicted molar refractivity (Wildman–Crippen MR) is 52.1 cm³/mol. The van der Waals surface area contributed by atoms with E-state index in [9.17, 15) is 9.90 Å². The Hall–Kier alpha value is -1.22. The molecular formula is C10H9ClO3. The molecule has 1 aromatic carbocycles. The van der Waals surface area contributed by atoms with E-state index in [0.29, 0.717) is 11.5 Å². The normalized spacial score (nSPS) is 15.5. The fourth-order valence-electron chi connectivity index (χ4n) is 1.51. The summed E-state index contributed by atoms with van der Waals surface area (Å²) in [5.41, 5.74) is 0.517. The zero-order valence-electron chi connectivity index (χ0n) is 7.33. The molecule has 0 spiro atoms. The summed E-state index contributed by atoms with van der Waals surface area (Å²) >= 11 is 5.68. The summed E-state index contributed by atoms with van der Waals surface area (Å²) in [5.74, 6) is -1.05. The van der Waals surface area contributed by atoms with Crippen LogP contribution in [0.3, 0.4) is 0 Å². The molecule has 0 aliphatic heterocycles. The van der Waals surface area contributed by atoms with Crippen LogP contribution in [0.1, 0.15) is 34.7 Å². The minimum atomic E-state index is -1.19. The van der Waals surface area contributed by atoms with Crippen molar-refractivity contribution in [2.24, 2.45) is 0 Å². The minimum absolute atomic E-state index is 0.0828. The van der Waals surface area contributed by atoms with Crippen molar-refractivity contribution in [3.8, 4) is 5.75 Å². The summed E-state index contributed by atoms with van der Waals surface area (Å²) in [6, 6.07) is 3.22. The lowest BCUT2D eigenvalue weighted by atomic mass is 10.1. The van der Waals surface area contributed by atoms with Crippen LogP contribution >= 0.6 is 11.6 Å². The maximum absolute atomic E-state index is 10.8. The highest BCUT2D eigenvalue weighted by Gasteiger charge is 2.29. The van der Waals surface area contributed by atoms with Gasteiger partial charge in [-0.2, -0.15) is 0 Å². The zero-order chi connectivity index (χ0) is 10.3. The van der Waals surface area contributed by atoms with Crippen LogP contribution in [-0.2, 0) is 0 Å². The van der Waals surface area contributed by atoms with E-state index in [1.807, 2.05) is 0 Å². The van der Waals surface area contributed by atoms with Crippen LogP contribution in [0, 0.1) is 0 Å². The van der Waals surface area contributed by atoms with Crippen molar-refractivity contribution in [1.29, 1.82) is 0 Å². The monoisotopic (exact) mass is 212 g/mol. The van der Waals surface area contributed by atoms with Crippen molar-refractivity contribution in [3.63, 3.8) is 0 Å². The molecule has 0 radical (unpaired) electrons. The van der Waals surface area contributed by atoms with Crippen LogP contribution in [0.5, 0.6) is 5.75 Å². The summed E-state index contributed by atoms with van der Waals surface area (Å²) in [5, 5.41) is 18.6. The van der Waals surface area contributed by atoms with Crippen LogP contribution < -0.4 is 0 Å². The van der Waals surface area contributed by atoms with E-state index in [-0.39, 0.29) is 16.3 Å². The SMILES string of the molecule is O=C(O)c1c(Cl)ccc(C2CC2)c1O. The molecule has 1 aliphatic rings. The lowest BCUT2D eigenvalue weighted by Crippen LogP contribution is -2.00. The van der Waals surface area contributed by atoms with Crippen molar-refractivity contribution in [2.45, 2.75) is 18.8 Å². The first-order chi connectivity index (χ1) is 6.61. The third-order valence-corrected chi connectivity index (χ3v) is 2.70. The quantitative estimate of drug-likeness (QED) is 0.792. The lowest BCUT2D eigenvalue weighted by molar-refractivity contribution is 0.0694. The Morgan fingerprint density at radius 1 is 1.43 bits per heavy atom. The van der Waals surface area contributed by atoms with Gasteiger partial charge in [-0.25, -0.2) is 4.79 Å². The molecule has 14 heavy (non-hydrogen) atoms. The highest BCUT2D eigenvalue weighted by atomic mass is 35.5. The van der Waals surface area contributed by atoms with Gasteiger partial charge in [0.05, 0.1) is 5.02 Å². The van der Waals surface area contributed by atoms with E-state index >= 15 is 0 Å². The van der Waals surface area contributed by atoms with Crippen molar-refractivity contribution < 1.29 is 15.0 Å². The second-order valence-electron chi connectivity index (χ2n) is 3.44. The van der Waals surface area contributed by atoms with E-state index in [2.05, 4.69) is 0 Å². The number of aromatic carboxylic acids is 1. The predicted octanol–water partition coefficient (Wildman–Crippen LogP) is 2.62. The molecule has 0 amide bonds. The van der Waals surface area contributed by atoms with E-state index in [0.717, 1.165) is 12.8 Å². The first-order valence-corrected chi connectivity index (χ1v) is 4.73. The van der Waals surface area contributed by atoms with Gasteiger partial charge in [0.15, 0.2) is 0 Å². The van der Waals surface area contributed by atoms with Gasteiger partial charge in [0.1, 0.15) is 11.3 Å². The molecule has 2 rings (SSSR count). The van der Waals surface area contributed by atoms with Crippen molar-refractivity contribution in [2.75, 3.05) is 0 Å². The lowest BCUT2D eigenvalue weighted by Gasteiger charge is -2.07. The maximum Gasteiger partial charge on any atom is 0.341 e. The molecule has 1 saturated carbocycles. The fraction of sp³-hybridized carbons (Fsp3) is 0.300. The van der Waals surface area contributed by atoms with Crippen molar-refractivity contribution in [3.05, 3.63) is 28.3 Å². The van der Waals surface area contributed by atoms with Crippen LogP contribution in [0.15, 0.2) is 12.1 Å². The van der Waals surface area contributed by atoms with Crippen LogP contribution in [0.25, 0.3) is 0 Å². The number of carboxylic acids is 1. The number of hydrogen-bond donors (Lipinski definition) is 2. The van der Waals surface area contributed by atoms with Gasteiger partial charge in [-0.15, -0.1) is 0 Å². The third kappa shape index (κ3) is 1.44. The van der Waals surface area contributed by atoms with Gasteiger partial charge in [-0.1, -0.05) is 17.7 Å². The second kappa shape index (κ2) is 3.17. The van der Waals surface area contributed by atoms with Gasteiger partial charge in [0.2, 0.25) is 0 Å². The molecule has 0 atom stereocenters. The van der Waals surface area contributed by atoms with Crippen molar-refractivity contribution >= 4 is 17.6 Å². The van der Waals surface area contributed by atoms with Gasteiger partial charge in [0.25, 0.3) is 0 Å². The Bertz CT molecular complexity index is 397. The second-order valence-corrected chi connectivity index (χ2v) is 3.85. The number of carbonyl (C=O) groups is 1. The highest BCUT2D eigenvalue weighted by Crippen LogP contribution is 2.46. The number of hydrogen-bond acceptors (Lipinski definition) is 2.